The van der Waals surface area contributed by atoms with Crippen molar-refractivity contribution in [2.75, 3.05) is 20.7 Å². The van der Waals surface area contributed by atoms with Crippen molar-refractivity contribution in [3.05, 3.63) is 30.1 Å². The van der Waals surface area contributed by atoms with Gasteiger partial charge in [0.05, 0.1) is 7.11 Å². The van der Waals surface area contributed by atoms with Crippen LogP contribution in [0.15, 0.2) is 24.5 Å². The van der Waals surface area contributed by atoms with E-state index in [0.29, 0.717) is 19.4 Å². The predicted octanol–water partition coefficient (Wildman–Crippen LogP) is 1.04. The lowest BCUT2D eigenvalue weighted by Crippen LogP contribution is -2.40. The Morgan fingerprint density at radius 2 is 2.21 bits per heavy atom. The van der Waals surface area contributed by atoms with Crippen LogP contribution in [0.25, 0.3) is 0 Å². The lowest BCUT2D eigenvalue weighted by atomic mass is 10.1. The summed E-state index contributed by atoms with van der Waals surface area (Å²) in [4.78, 5) is 29.5. The van der Waals surface area contributed by atoms with Crippen LogP contribution in [-0.2, 0) is 20.7 Å². The monoisotopic (exact) mass is 262 g/mol. The first-order valence-electron chi connectivity index (χ1n) is 6.33. The molecule has 1 fully saturated rings. The highest BCUT2D eigenvalue weighted by Gasteiger charge is 2.58. The minimum Gasteiger partial charge on any atom is -0.468 e. The van der Waals surface area contributed by atoms with Crippen molar-refractivity contribution in [3.63, 3.8) is 0 Å². The Kier molecular flexibility index (Phi) is 3.83. The second kappa shape index (κ2) is 5.38. The number of esters is 1. The Morgan fingerprint density at radius 1 is 1.47 bits per heavy atom. The zero-order valence-corrected chi connectivity index (χ0v) is 11.3. The minimum atomic E-state index is -0.904. The van der Waals surface area contributed by atoms with E-state index in [0.717, 1.165) is 12.0 Å². The number of methoxy groups -OCH3 is 1. The molecule has 102 valence electrons. The molecule has 0 aromatic carbocycles. The number of nitrogens with zero attached hydrogens (tertiary/aromatic N) is 2. The van der Waals surface area contributed by atoms with Crippen molar-refractivity contribution in [1.82, 2.24) is 9.88 Å². The number of likely N-dealkylation sites (N-methyl/N-ethyl adjacent to an activating group) is 1. The van der Waals surface area contributed by atoms with Crippen molar-refractivity contribution in [2.45, 2.75) is 19.3 Å². The van der Waals surface area contributed by atoms with E-state index in [-0.39, 0.29) is 5.91 Å². The Bertz CT molecular complexity index is 469. The molecule has 1 saturated carbocycles. The number of carbonyl (C=O) groups excluding carboxylic acids is 2. The van der Waals surface area contributed by atoms with Gasteiger partial charge in [-0.05, 0) is 30.9 Å². The van der Waals surface area contributed by atoms with E-state index in [9.17, 15) is 9.59 Å². The van der Waals surface area contributed by atoms with Gasteiger partial charge in [-0.25, -0.2) is 0 Å². The highest BCUT2D eigenvalue weighted by molar-refractivity contribution is 6.05. The molecule has 2 rings (SSSR count). The third-order valence-corrected chi connectivity index (χ3v) is 3.54. The van der Waals surface area contributed by atoms with Gasteiger partial charge in [-0.15, -0.1) is 0 Å². The maximum atomic E-state index is 12.3. The van der Waals surface area contributed by atoms with Crippen LogP contribution in [0.4, 0.5) is 0 Å². The van der Waals surface area contributed by atoms with Gasteiger partial charge in [0, 0.05) is 26.0 Å². The van der Waals surface area contributed by atoms with Crippen LogP contribution in [0, 0.1) is 5.41 Å². The fraction of sp³-hybridized carbons (Fsp3) is 0.500. The molecule has 1 heterocycles. The summed E-state index contributed by atoms with van der Waals surface area (Å²) in [5.74, 6) is -0.547. The Balaban J connectivity index is 1.92. The number of hydrogen-bond donors (Lipinski definition) is 0. The van der Waals surface area contributed by atoms with Crippen LogP contribution in [-0.4, -0.2) is 42.5 Å². The van der Waals surface area contributed by atoms with Gasteiger partial charge in [-0.2, -0.15) is 0 Å². The van der Waals surface area contributed by atoms with Gasteiger partial charge < -0.3 is 9.64 Å². The molecule has 1 aromatic heterocycles. The van der Waals surface area contributed by atoms with Gasteiger partial charge in [0.2, 0.25) is 5.91 Å². The van der Waals surface area contributed by atoms with E-state index in [4.69, 9.17) is 4.74 Å². The molecular formula is C14H18N2O3. The first-order valence-corrected chi connectivity index (χ1v) is 6.33. The summed E-state index contributed by atoms with van der Waals surface area (Å²) in [5, 5.41) is 0. The quantitative estimate of drug-likeness (QED) is 0.587. The summed E-state index contributed by atoms with van der Waals surface area (Å²) in [6, 6.07) is 3.84. The van der Waals surface area contributed by atoms with Gasteiger partial charge in [-0.3, -0.25) is 14.6 Å². The van der Waals surface area contributed by atoms with E-state index >= 15 is 0 Å². The fourth-order valence-corrected chi connectivity index (χ4v) is 2.14. The van der Waals surface area contributed by atoms with Crippen molar-refractivity contribution in [3.8, 4) is 0 Å². The zero-order valence-electron chi connectivity index (χ0n) is 11.3. The molecule has 1 amide bonds. The summed E-state index contributed by atoms with van der Waals surface area (Å²) in [6.07, 6.45) is 5.42. The van der Waals surface area contributed by atoms with Crippen LogP contribution < -0.4 is 0 Å². The molecule has 0 N–H and O–H groups in total. The highest BCUT2D eigenvalue weighted by atomic mass is 16.5. The summed E-state index contributed by atoms with van der Waals surface area (Å²) in [5.41, 5.74) is 0.170. The standard InChI is InChI=1S/C14H18N2O3/c1-16(9-5-11-4-3-8-15-10-11)12(17)14(6-7-14)13(18)19-2/h3-4,8,10H,5-7,9H2,1-2H3. The lowest BCUT2D eigenvalue weighted by molar-refractivity contribution is -0.155. The number of hydrogen-bond acceptors (Lipinski definition) is 4. The number of pyridine rings is 1. The molecule has 1 aromatic rings. The number of amides is 1. The summed E-state index contributed by atoms with van der Waals surface area (Å²) in [7, 11) is 3.05. The molecule has 19 heavy (non-hydrogen) atoms. The van der Waals surface area contributed by atoms with Gasteiger partial charge in [0.15, 0.2) is 0 Å². The van der Waals surface area contributed by atoms with E-state index in [2.05, 4.69) is 4.98 Å². The predicted molar refractivity (Wildman–Crippen MR) is 69.3 cm³/mol. The van der Waals surface area contributed by atoms with E-state index in [1.807, 2.05) is 12.1 Å². The van der Waals surface area contributed by atoms with Crippen molar-refractivity contribution < 1.29 is 14.3 Å². The Hall–Kier alpha value is -1.91. The zero-order chi connectivity index (χ0) is 13.9. The van der Waals surface area contributed by atoms with E-state index < -0.39 is 11.4 Å². The third kappa shape index (κ3) is 2.75. The molecule has 0 saturated heterocycles. The van der Waals surface area contributed by atoms with Gasteiger partial charge >= 0.3 is 5.97 Å². The Labute approximate surface area is 112 Å². The molecule has 0 radical (unpaired) electrons. The van der Waals surface area contributed by atoms with Crippen molar-refractivity contribution in [1.29, 1.82) is 0 Å². The highest BCUT2D eigenvalue weighted by Crippen LogP contribution is 2.48. The topological polar surface area (TPSA) is 59.5 Å². The van der Waals surface area contributed by atoms with Crippen molar-refractivity contribution >= 4 is 11.9 Å². The van der Waals surface area contributed by atoms with Crippen LogP contribution in [0.5, 0.6) is 0 Å². The van der Waals surface area contributed by atoms with Gasteiger partial charge in [0.1, 0.15) is 5.41 Å². The molecule has 0 bridgehead atoms. The fourth-order valence-electron chi connectivity index (χ4n) is 2.14. The molecular weight excluding hydrogens is 244 g/mol. The van der Waals surface area contributed by atoms with E-state index in [1.165, 1.54) is 7.11 Å². The molecule has 0 spiro atoms. The number of ether oxygens (including phenoxy) is 1. The largest absolute Gasteiger partial charge is 0.468 e. The molecule has 1 aliphatic carbocycles. The number of aromatic nitrogens is 1. The second-order valence-electron chi connectivity index (χ2n) is 4.91. The van der Waals surface area contributed by atoms with Crippen LogP contribution in [0.3, 0.4) is 0 Å². The van der Waals surface area contributed by atoms with Crippen molar-refractivity contribution in [2.24, 2.45) is 5.41 Å². The van der Waals surface area contributed by atoms with Crippen LogP contribution in [0.1, 0.15) is 18.4 Å². The summed E-state index contributed by atoms with van der Waals surface area (Å²) < 4.78 is 4.72. The average molecular weight is 262 g/mol. The SMILES string of the molecule is COC(=O)C1(C(=O)N(C)CCc2cccnc2)CC1. The smallest absolute Gasteiger partial charge is 0.321 e. The van der Waals surface area contributed by atoms with Crippen LogP contribution in [0.2, 0.25) is 0 Å². The van der Waals surface area contributed by atoms with Gasteiger partial charge in [-0.1, -0.05) is 6.07 Å². The summed E-state index contributed by atoms with van der Waals surface area (Å²) in [6.45, 7) is 0.573. The average Bonchev–Trinajstić information content (AvgIpc) is 3.25. The van der Waals surface area contributed by atoms with Crippen LogP contribution >= 0.6 is 0 Å². The van der Waals surface area contributed by atoms with E-state index in [1.54, 1.807) is 24.3 Å². The molecule has 5 nitrogen and oxygen atoms in total. The first-order chi connectivity index (χ1) is 9.10. The third-order valence-electron chi connectivity index (χ3n) is 3.54. The second-order valence-corrected chi connectivity index (χ2v) is 4.91. The normalized spacial score (nSPS) is 15.7. The maximum Gasteiger partial charge on any atom is 0.321 e. The number of rotatable bonds is 5. The molecule has 1 aliphatic rings. The van der Waals surface area contributed by atoms with Gasteiger partial charge in [0.25, 0.3) is 0 Å². The Morgan fingerprint density at radius 3 is 2.74 bits per heavy atom. The molecule has 0 atom stereocenters. The maximum absolute atomic E-state index is 12.3. The first kappa shape index (κ1) is 13.5. The summed E-state index contributed by atoms with van der Waals surface area (Å²) >= 11 is 0. The minimum absolute atomic E-state index is 0.136. The molecule has 0 unspecified atom stereocenters. The molecule has 0 aliphatic heterocycles. The lowest BCUT2D eigenvalue weighted by Gasteiger charge is -2.21. The number of carbonyl (C=O) groups is 2. The molecule has 5 heteroatoms.